The van der Waals surface area contributed by atoms with Crippen molar-refractivity contribution >= 4 is 34.7 Å². The van der Waals surface area contributed by atoms with Gasteiger partial charge in [0.1, 0.15) is 6.20 Å². The summed E-state index contributed by atoms with van der Waals surface area (Å²) in [7, 11) is 1.44. The number of ether oxygens (including phenoxy) is 2. The number of benzene rings is 2. The molecule has 0 bridgehead atoms. The number of nitrogens with zero attached hydrogens (tertiary/aromatic N) is 4. The Morgan fingerprint density at radius 1 is 1.17 bits per heavy atom. The molecule has 0 aliphatic carbocycles. The topological polar surface area (TPSA) is 136 Å². The highest BCUT2D eigenvalue weighted by Gasteiger charge is 2.35. The van der Waals surface area contributed by atoms with Crippen molar-refractivity contribution in [2.24, 2.45) is 0 Å². The number of rotatable bonds is 7. The van der Waals surface area contributed by atoms with Crippen molar-refractivity contribution in [1.29, 1.82) is 5.26 Å². The summed E-state index contributed by atoms with van der Waals surface area (Å²) in [6, 6.07) is 16.4. The van der Waals surface area contributed by atoms with Crippen LogP contribution in [0.2, 0.25) is 0 Å². The van der Waals surface area contributed by atoms with Gasteiger partial charge >= 0.3 is 0 Å². The first kappa shape index (κ1) is 23.5. The van der Waals surface area contributed by atoms with Crippen LogP contribution in [0.1, 0.15) is 16.7 Å². The van der Waals surface area contributed by atoms with Gasteiger partial charge in [0.05, 0.1) is 35.1 Å². The number of thioether (sulfide) groups is 1. The molecule has 1 fully saturated rings. The van der Waals surface area contributed by atoms with E-state index in [-0.39, 0.29) is 23.0 Å². The number of pyridine rings is 1. The van der Waals surface area contributed by atoms with Crippen molar-refractivity contribution in [3.05, 3.63) is 92.5 Å². The van der Waals surface area contributed by atoms with Gasteiger partial charge in [-0.15, -0.1) is 0 Å². The Labute approximate surface area is 203 Å². The van der Waals surface area contributed by atoms with Gasteiger partial charge in [0.25, 0.3) is 16.8 Å². The van der Waals surface area contributed by atoms with Crippen molar-refractivity contribution in [3.8, 4) is 23.4 Å². The summed E-state index contributed by atoms with van der Waals surface area (Å²) < 4.78 is 11.0. The van der Waals surface area contributed by atoms with Crippen LogP contribution in [-0.4, -0.2) is 33.1 Å². The van der Waals surface area contributed by atoms with Crippen molar-refractivity contribution in [1.82, 2.24) is 9.88 Å². The Kier molecular flexibility index (Phi) is 6.75. The van der Waals surface area contributed by atoms with E-state index in [9.17, 15) is 25.0 Å². The van der Waals surface area contributed by atoms with E-state index in [1.165, 1.54) is 19.2 Å². The molecule has 2 amide bonds. The molecule has 0 spiro atoms. The third-order valence-electron chi connectivity index (χ3n) is 4.97. The number of amides is 2. The summed E-state index contributed by atoms with van der Waals surface area (Å²) in [5.41, 5.74) is 1.42. The fourth-order valence-corrected chi connectivity index (χ4v) is 4.08. The predicted molar refractivity (Wildman–Crippen MR) is 127 cm³/mol. The first-order chi connectivity index (χ1) is 16.9. The molecular weight excluding hydrogens is 472 g/mol. The number of nitro groups is 1. The lowest BCUT2D eigenvalue weighted by Gasteiger charge is -2.13. The molecule has 1 aliphatic rings. The van der Waals surface area contributed by atoms with E-state index < -0.39 is 16.1 Å². The van der Waals surface area contributed by atoms with Gasteiger partial charge in [-0.3, -0.25) is 24.6 Å². The van der Waals surface area contributed by atoms with Gasteiger partial charge in [-0.1, -0.05) is 24.3 Å². The van der Waals surface area contributed by atoms with Crippen molar-refractivity contribution in [3.63, 3.8) is 0 Å². The van der Waals surface area contributed by atoms with Gasteiger partial charge < -0.3 is 9.47 Å². The van der Waals surface area contributed by atoms with E-state index >= 15 is 0 Å². The van der Waals surface area contributed by atoms with Crippen LogP contribution in [0.15, 0.2) is 65.7 Å². The average molecular weight is 488 g/mol. The summed E-state index contributed by atoms with van der Waals surface area (Å²) >= 11 is 0.812. The lowest BCUT2D eigenvalue weighted by Crippen LogP contribution is -2.27. The first-order valence-electron chi connectivity index (χ1n) is 10.1. The van der Waals surface area contributed by atoms with Gasteiger partial charge in [0, 0.05) is 12.1 Å². The number of imide groups is 1. The molecular formula is C24H16N4O6S. The highest BCUT2D eigenvalue weighted by atomic mass is 32.2. The van der Waals surface area contributed by atoms with Crippen molar-refractivity contribution in [2.45, 2.75) is 6.54 Å². The average Bonchev–Trinajstić information content (AvgIpc) is 3.12. The van der Waals surface area contributed by atoms with E-state index in [0.29, 0.717) is 28.2 Å². The number of nitriles is 1. The van der Waals surface area contributed by atoms with Crippen LogP contribution in [0.3, 0.4) is 0 Å². The first-order valence-corrected chi connectivity index (χ1v) is 10.9. The van der Waals surface area contributed by atoms with Gasteiger partial charge in [-0.05, 0) is 47.2 Å². The van der Waals surface area contributed by atoms with E-state index in [4.69, 9.17) is 9.47 Å². The summed E-state index contributed by atoms with van der Waals surface area (Å²) in [6.45, 7) is 0.00404. The zero-order chi connectivity index (χ0) is 24.9. The molecule has 35 heavy (non-hydrogen) atoms. The summed E-state index contributed by atoms with van der Waals surface area (Å²) in [5, 5.41) is 19.6. The quantitative estimate of drug-likeness (QED) is 0.258. The number of hydrogen-bond acceptors (Lipinski definition) is 9. The smallest absolute Gasteiger partial charge is 0.293 e. The molecule has 1 saturated heterocycles. The monoisotopic (exact) mass is 488 g/mol. The van der Waals surface area contributed by atoms with E-state index in [0.717, 1.165) is 22.9 Å². The maximum atomic E-state index is 12.9. The molecule has 2 aromatic carbocycles. The zero-order valence-electron chi connectivity index (χ0n) is 18.2. The molecule has 0 atom stereocenters. The number of methoxy groups -OCH3 is 1. The Hall–Kier alpha value is -4.69. The molecule has 174 valence electrons. The summed E-state index contributed by atoms with van der Waals surface area (Å²) in [6.07, 6.45) is 2.65. The standard InChI is InChI=1S/C24H16N4O6S/c1-33-20-10-15(6-8-19(20)34-22-9-7-18(13-26-22)28(31)32)11-21-23(29)27(24(30)35-21)14-17-5-3-2-4-16(17)12-25/h2-11,13H,14H2,1H3/b21-11+. The Balaban J connectivity index is 1.53. The second kappa shape index (κ2) is 10.1. The van der Waals surface area contributed by atoms with Gasteiger partial charge in [0.15, 0.2) is 11.5 Å². The third-order valence-corrected chi connectivity index (χ3v) is 5.88. The fourth-order valence-electron chi connectivity index (χ4n) is 3.24. The van der Waals surface area contributed by atoms with Crippen LogP contribution in [0, 0.1) is 21.4 Å². The SMILES string of the molecule is COc1cc(/C=C2/SC(=O)N(Cc3ccccc3C#N)C2=O)ccc1Oc1ccc([N+](=O)[O-])cn1. The van der Waals surface area contributed by atoms with Gasteiger partial charge in [0.2, 0.25) is 5.88 Å². The molecule has 0 N–H and O–H groups in total. The second-order valence-electron chi connectivity index (χ2n) is 7.16. The van der Waals surface area contributed by atoms with Gasteiger partial charge in [-0.25, -0.2) is 4.98 Å². The Morgan fingerprint density at radius 3 is 2.66 bits per heavy atom. The van der Waals surface area contributed by atoms with Crippen molar-refractivity contribution < 1.29 is 24.0 Å². The van der Waals surface area contributed by atoms with Gasteiger partial charge in [-0.2, -0.15) is 5.26 Å². The van der Waals surface area contributed by atoms with Crippen LogP contribution in [0.25, 0.3) is 6.08 Å². The highest BCUT2D eigenvalue weighted by Crippen LogP contribution is 2.36. The lowest BCUT2D eigenvalue weighted by molar-refractivity contribution is -0.385. The maximum absolute atomic E-state index is 12.9. The maximum Gasteiger partial charge on any atom is 0.293 e. The molecule has 2 heterocycles. The van der Waals surface area contributed by atoms with Crippen LogP contribution in [0.5, 0.6) is 17.4 Å². The molecule has 11 heteroatoms. The molecule has 1 aromatic heterocycles. The predicted octanol–water partition coefficient (Wildman–Crippen LogP) is 4.90. The number of aromatic nitrogens is 1. The molecule has 0 radical (unpaired) electrons. The molecule has 4 rings (SSSR count). The zero-order valence-corrected chi connectivity index (χ0v) is 19.0. The number of carbonyl (C=O) groups excluding carboxylic acids is 2. The third kappa shape index (κ3) is 5.13. The second-order valence-corrected chi connectivity index (χ2v) is 8.15. The molecule has 3 aromatic rings. The molecule has 0 unspecified atom stereocenters. The molecule has 1 aliphatic heterocycles. The minimum absolute atomic E-state index is 0.00404. The molecule has 10 nitrogen and oxygen atoms in total. The van der Waals surface area contributed by atoms with E-state index in [1.807, 2.05) is 0 Å². The largest absolute Gasteiger partial charge is 0.493 e. The Morgan fingerprint density at radius 2 is 1.97 bits per heavy atom. The van der Waals surface area contributed by atoms with E-state index in [1.54, 1.807) is 48.5 Å². The van der Waals surface area contributed by atoms with E-state index in [2.05, 4.69) is 11.1 Å². The minimum Gasteiger partial charge on any atom is -0.493 e. The summed E-state index contributed by atoms with van der Waals surface area (Å²) in [5.74, 6) is 0.329. The highest BCUT2D eigenvalue weighted by molar-refractivity contribution is 8.18. The molecule has 0 saturated carbocycles. The van der Waals surface area contributed by atoms with Crippen LogP contribution < -0.4 is 9.47 Å². The summed E-state index contributed by atoms with van der Waals surface area (Å²) in [4.78, 5) is 40.8. The van der Waals surface area contributed by atoms with Crippen LogP contribution >= 0.6 is 11.8 Å². The number of hydrogen-bond donors (Lipinski definition) is 0. The Bertz CT molecular complexity index is 1400. The number of carbonyl (C=O) groups is 2. The normalized spacial score (nSPS) is 14.2. The van der Waals surface area contributed by atoms with Crippen LogP contribution in [-0.2, 0) is 11.3 Å². The lowest BCUT2D eigenvalue weighted by atomic mass is 10.1. The van der Waals surface area contributed by atoms with Crippen molar-refractivity contribution in [2.75, 3.05) is 7.11 Å². The van der Waals surface area contributed by atoms with Crippen LogP contribution in [0.4, 0.5) is 10.5 Å². The minimum atomic E-state index is -0.559. The fraction of sp³-hybridized carbons (Fsp3) is 0.0833.